The fourth-order valence-electron chi connectivity index (χ4n) is 1.16. The highest BCUT2D eigenvalue weighted by atomic mass is 16.4. The second-order valence-corrected chi connectivity index (χ2v) is 2.97. The maximum absolute atomic E-state index is 10.3. The van der Waals surface area contributed by atoms with Gasteiger partial charge in [0.2, 0.25) is 0 Å². The van der Waals surface area contributed by atoms with E-state index in [0.717, 1.165) is 0 Å². The summed E-state index contributed by atoms with van der Waals surface area (Å²) in [7, 11) is 0. The fraction of sp³-hybridized carbons (Fsp3) is 0.200. The fourth-order valence-corrected chi connectivity index (χ4v) is 1.16. The van der Waals surface area contributed by atoms with Crippen LogP contribution in [0.4, 0.5) is 0 Å². The van der Waals surface area contributed by atoms with Crippen molar-refractivity contribution in [3.05, 3.63) is 23.8 Å². The summed E-state index contributed by atoms with van der Waals surface area (Å²) < 4.78 is 0. The van der Waals surface area contributed by atoms with Gasteiger partial charge in [-0.25, -0.2) is 0 Å². The smallest absolute Gasteiger partial charge is 0.325 e. The number of hydrogen-bond donors (Lipinski definition) is 3. The molecule has 0 bridgehead atoms. The van der Waals surface area contributed by atoms with Gasteiger partial charge in [-0.15, -0.1) is 0 Å². The molecule has 0 aromatic heterocycles. The van der Waals surface area contributed by atoms with Crippen molar-refractivity contribution in [3.63, 3.8) is 0 Å². The molecule has 0 fully saturated rings. The Hall–Kier alpha value is -2.04. The summed E-state index contributed by atoms with van der Waals surface area (Å²) >= 11 is 0. The van der Waals surface area contributed by atoms with E-state index < -0.39 is 5.97 Å². The van der Waals surface area contributed by atoms with Crippen molar-refractivity contribution in [2.24, 2.45) is 4.99 Å². The highest BCUT2D eigenvalue weighted by molar-refractivity contribution is 6.03. The largest absolute Gasteiger partial charge is 0.507 e. The molecule has 5 nitrogen and oxygen atoms in total. The van der Waals surface area contributed by atoms with E-state index in [-0.39, 0.29) is 29.3 Å². The van der Waals surface area contributed by atoms with E-state index in [4.69, 9.17) is 5.11 Å². The number of hydrogen-bond acceptors (Lipinski definition) is 4. The van der Waals surface area contributed by atoms with Gasteiger partial charge >= 0.3 is 5.97 Å². The standard InChI is InChI=1S/C10H11NO4/c1-6(11-5-9(14)15)10-7(12)3-2-4-8(10)13/h2-4,12-13H,5H2,1H3,(H,14,15)/b11-6+. The SMILES string of the molecule is C/C(=N\CC(=O)O)c1c(O)cccc1O. The van der Waals surface area contributed by atoms with Crippen LogP contribution in [-0.2, 0) is 4.79 Å². The first-order valence-corrected chi connectivity index (χ1v) is 4.26. The molecular weight excluding hydrogens is 198 g/mol. The number of carbonyl (C=O) groups is 1. The Kier molecular flexibility index (Phi) is 3.28. The van der Waals surface area contributed by atoms with Crippen LogP contribution >= 0.6 is 0 Å². The Morgan fingerprint density at radius 2 is 1.87 bits per heavy atom. The number of aliphatic carboxylic acids is 1. The topological polar surface area (TPSA) is 90.1 Å². The predicted molar refractivity (Wildman–Crippen MR) is 54.5 cm³/mol. The molecule has 15 heavy (non-hydrogen) atoms. The third-order valence-corrected chi connectivity index (χ3v) is 1.83. The molecule has 1 rings (SSSR count). The Labute approximate surface area is 86.3 Å². The number of aliphatic imine (C=N–C) groups is 1. The number of phenolic OH excluding ortho intramolecular Hbond substituents is 2. The summed E-state index contributed by atoms with van der Waals surface area (Å²) in [6.45, 7) is 1.14. The molecule has 0 aliphatic rings. The van der Waals surface area contributed by atoms with Gasteiger partial charge in [0.15, 0.2) is 0 Å². The molecule has 0 amide bonds. The maximum Gasteiger partial charge on any atom is 0.325 e. The van der Waals surface area contributed by atoms with Crippen molar-refractivity contribution < 1.29 is 20.1 Å². The number of benzene rings is 1. The van der Waals surface area contributed by atoms with Gasteiger partial charge in [0, 0.05) is 5.71 Å². The molecule has 0 heterocycles. The highest BCUT2D eigenvalue weighted by Crippen LogP contribution is 2.26. The van der Waals surface area contributed by atoms with Gasteiger partial charge in [-0.05, 0) is 19.1 Å². The molecule has 1 aromatic carbocycles. The number of carboxylic acids is 1. The van der Waals surface area contributed by atoms with E-state index in [1.165, 1.54) is 25.1 Å². The lowest BCUT2D eigenvalue weighted by molar-refractivity contribution is -0.135. The lowest BCUT2D eigenvalue weighted by Crippen LogP contribution is -2.04. The van der Waals surface area contributed by atoms with E-state index in [1.54, 1.807) is 0 Å². The Morgan fingerprint density at radius 1 is 1.33 bits per heavy atom. The predicted octanol–water partition coefficient (Wildman–Crippen LogP) is 0.991. The monoisotopic (exact) mass is 209 g/mol. The first-order valence-electron chi connectivity index (χ1n) is 4.26. The van der Waals surface area contributed by atoms with Crippen LogP contribution in [0.3, 0.4) is 0 Å². The van der Waals surface area contributed by atoms with Gasteiger partial charge in [0.05, 0.1) is 5.56 Å². The zero-order chi connectivity index (χ0) is 11.4. The lowest BCUT2D eigenvalue weighted by Gasteiger charge is -2.05. The van der Waals surface area contributed by atoms with Crippen LogP contribution in [0.15, 0.2) is 23.2 Å². The summed E-state index contributed by atoms with van der Waals surface area (Å²) in [5.74, 6) is -1.31. The van der Waals surface area contributed by atoms with Crippen LogP contribution in [0.5, 0.6) is 11.5 Å². The van der Waals surface area contributed by atoms with E-state index in [1.807, 2.05) is 0 Å². The van der Waals surface area contributed by atoms with Crippen molar-refractivity contribution in [1.82, 2.24) is 0 Å². The van der Waals surface area contributed by atoms with E-state index in [2.05, 4.69) is 4.99 Å². The second kappa shape index (κ2) is 4.45. The first kappa shape index (κ1) is 11.0. The molecule has 1 aromatic rings. The number of aromatic hydroxyl groups is 2. The van der Waals surface area contributed by atoms with Crippen LogP contribution in [0, 0.1) is 0 Å². The molecule has 80 valence electrons. The third-order valence-electron chi connectivity index (χ3n) is 1.83. The number of nitrogens with zero attached hydrogens (tertiary/aromatic N) is 1. The number of rotatable bonds is 3. The summed E-state index contributed by atoms with van der Waals surface area (Å²) in [4.78, 5) is 14.0. The van der Waals surface area contributed by atoms with E-state index in [0.29, 0.717) is 0 Å². The van der Waals surface area contributed by atoms with Gasteiger partial charge in [-0.2, -0.15) is 0 Å². The van der Waals surface area contributed by atoms with Crippen molar-refractivity contribution in [3.8, 4) is 11.5 Å². The zero-order valence-electron chi connectivity index (χ0n) is 8.14. The molecule has 0 aliphatic carbocycles. The molecular formula is C10H11NO4. The molecule has 0 radical (unpaired) electrons. The van der Waals surface area contributed by atoms with Crippen LogP contribution in [0.25, 0.3) is 0 Å². The van der Waals surface area contributed by atoms with Gasteiger partial charge in [0.1, 0.15) is 18.0 Å². The molecule has 0 unspecified atom stereocenters. The lowest BCUT2D eigenvalue weighted by atomic mass is 10.1. The Morgan fingerprint density at radius 3 is 2.33 bits per heavy atom. The zero-order valence-corrected chi connectivity index (χ0v) is 8.14. The summed E-state index contributed by atoms with van der Waals surface area (Å²) in [5.41, 5.74) is 0.451. The van der Waals surface area contributed by atoms with Crippen LogP contribution in [-0.4, -0.2) is 33.5 Å². The minimum Gasteiger partial charge on any atom is -0.507 e. The average Bonchev–Trinajstić information content (AvgIpc) is 2.14. The van der Waals surface area contributed by atoms with Crippen LogP contribution in [0.1, 0.15) is 12.5 Å². The van der Waals surface area contributed by atoms with Crippen molar-refractivity contribution in [1.29, 1.82) is 0 Å². The van der Waals surface area contributed by atoms with Gasteiger partial charge in [-0.1, -0.05) is 6.07 Å². The number of phenols is 2. The van der Waals surface area contributed by atoms with Crippen LogP contribution in [0.2, 0.25) is 0 Å². The quantitative estimate of drug-likeness (QED) is 0.647. The molecule has 5 heteroatoms. The molecule has 0 atom stereocenters. The summed E-state index contributed by atoms with van der Waals surface area (Å²) in [6.07, 6.45) is 0. The Bertz CT molecular complexity index is 392. The van der Waals surface area contributed by atoms with Gasteiger partial charge in [0.25, 0.3) is 0 Å². The minimum absolute atomic E-state index is 0.123. The molecule has 0 spiro atoms. The molecule has 3 N–H and O–H groups in total. The summed E-state index contributed by atoms with van der Waals surface area (Å²) in [6, 6.07) is 4.28. The maximum atomic E-state index is 10.3. The Balaban J connectivity index is 3.05. The van der Waals surface area contributed by atoms with Crippen LogP contribution < -0.4 is 0 Å². The van der Waals surface area contributed by atoms with Gasteiger partial charge < -0.3 is 15.3 Å². The van der Waals surface area contributed by atoms with Gasteiger partial charge in [-0.3, -0.25) is 9.79 Å². The average molecular weight is 209 g/mol. The minimum atomic E-state index is -1.07. The first-order chi connectivity index (χ1) is 7.02. The molecule has 0 saturated heterocycles. The second-order valence-electron chi connectivity index (χ2n) is 2.97. The van der Waals surface area contributed by atoms with E-state index in [9.17, 15) is 15.0 Å². The molecule has 0 aliphatic heterocycles. The van der Waals surface area contributed by atoms with Crippen molar-refractivity contribution in [2.75, 3.05) is 6.54 Å². The van der Waals surface area contributed by atoms with E-state index >= 15 is 0 Å². The summed E-state index contributed by atoms with van der Waals surface area (Å²) in [5, 5.41) is 27.3. The normalized spacial score (nSPS) is 11.4. The van der Waals surface area contributed by atoms with Crippen molar-refractivity contribution in [2.45, 2.75) is 6.92 Å². The highest BCUT2D eigenvalue weighted by Gasteiger charge is 2.09. The van der Waals surface area contributed by atoms with Crippen molar-refractivity contribution >= 4 is 11.7 Å². The number of carboxylic acid groups (broad SMARTS) is 1. The third kappa shape index (κ3) is 2.70. The molecule has 0 saturated carbocycles.